The lowest BCUT2D eigenvalue weighted by molar-refractivity contribution is -0.152. The molecule has 4 aromatic carbocycles. The first-order chi connectivity index (χ1) is 23.6. The molecule has 4 aromatic rings. The molecule has 0 aliphatic carbocycles. The molecule has 0 bridgehead atoms. The van der Waals surface area contributed by atoms with E-state index in [1.165, 1.54) is 5.56 Å². The van der Waals surface area contributed by atoms with Crippen LogP contribution in [0.15, 0.2) is 97.1 Å². The van der Waals surface area contributed by atoms with E-state index in [1.807, 2.05) is 83.1 Å². The predicted molar refractivity (Wildman–Crippen MR) is 198 cm³/mol. The number of aliphatic hydroxyl groups is 1. The molecule has 0 saturated carbocycles. The number of aliphatic hydroxyl groups excluding tert-OH is 1. The van der Waals surface area contributed by atoms with Gasteiger partial charge < -0.3 is 33.5 Å². The van der Waals surface area contributed by atoms with Gasteiger partial charge in [-0.25, -0.2) is 0 Å². The van der Waals surface area contributed by atoms with Gasteiger partial charge in [-0.1, -0.05) is 76.2 Å². The molecule has 0 radical (unpaired) electrons. The summed E-state index contributed by atoms with van der Waals surface area (Å²) in [4.78, 5) is 0. The van der Waals surface area contributed by atoms with E-state index in [0.29, 0.717) is 24.7 Å². The van der Waals surface area contributed by atoms with Gasteiger partial charge in [0, 0.05) is 31.3 Å². The van der Waals surface area contributed by atoms with Crippen molar-refractivity contribution in [2.45, 2.75) is 96.7 Å². The van der Waals surface area contributed by atoms with Gasteiger partial charge in [-0.2, -0.15) is 0 Å². The number of epoxide rings is 1. The summed E-state index contributed by atoms with van der Waals surface area (Å²) in [6, 6.07) is 32.5. The summed E-state index contributed by atoms with van der Waals surface area (Å²) in [5.41, 5.74) is 3.32. The van der Waals surface area contributed by atoms with Gasteiger partial charge in [0.2, 0.25) is 5.79 Å². The minimum atomic E-state index is -0.881. The summed E-state index contributed by atoms with van der Waals surface area (Å²) in [6.45, 7) is 20.4. The lowest BCUT2D eigenvalue weighted by Crippen LogP contribution is -2.45. The zero-order valence-corrected chi connectivity index (χ0v) is 31.1. The Bertz CT molecular complexity index is 1650. The van der Waals surface area contributed by atoms with Crippen LogP contribution in [-0.4, -0.2) is 55.1 Å². The Morgan fingerprint density at radius 1 is 0.600 bits per heavy atom. The summed E-state index contributed by atoms with van der Waals surface area (Å²) >= 11 is 0. The van der Waals surface area contributed by atoms with Gasteiger partial charge in [0.1, 0.15) is 54.0 Å². The van der Waals surface area contributed by atoms with E-state index < -0.39 is 17.5 Å². The first-order valence-electron chi connectivity index (χ1n) is 17.6. The zero-order valence-electron chi connectivity index (χ0n) is 31.1. The molecule has 2 unspecified atom stereocenters. The van der Waals surface area contributed by atoms with Gasteiger partial charge in [0.05, 0.1) is 6.61 Å². The van der Waals surface area contributed by atoms with Crippen LogP contribution >= 0.6 is 0 Å². The quantitative estimate of drug-likeness (QED) is 0.0881. The lowest BCUT2D eigenvalue weighted by atomic mass is 9.78. The number of benzene rings is 4. The van der Waals surface area contributed by atoms with E-state index in [2.05, 4.69) is 76.2 Å². The first kappa shape index (κ1) is 37.2. The fourth-order valence-corrected chi connectivity index (χ4v) is 5.91. The zero-order chi connectivity index (χ0) is 36.2. The number of rotatable bonds is 17. The van der Waals surface area contributed by atoms with E-state index in [9.17, 15) is 5.11 Å². The number of ether oxygens (including phenoxy) is 6. The molecule has 1 saturated heterocycles. The molecule has 0 amide bonds. The van der Waals surface area contributed by atoms with Gasteiger partial charge in [-0.3, -0.25) is 0 Å². The summed E-state index contributed by atoms with van der Waals surface area (Å²) in [5.74, 6) is 2.30. The third kappa shape index (κ3) is 9.39. The van der Waals surface area contributed by atoms with E-state index >= 15 is 0 Å². The van der Waals surface area contributed by atoms with Crippen molar-refractivity contribution in [2.75, 3.05) is 26.4 Å². The molecule has 50 heavy (non-hydrogen) atoms. The molecular formula is C43H54O7. The predicted octanol–water partition coefficient (Wildman–Crippen LogP) is 8.86. The second-order valence-corrected chi connectivity index (χ2v) is 15.1. The van der Waals surface area contributed by atoms with Crippen molar-refractivity contribution in [3.8, 4) is 23.0 Å². The molecule has 0 aromatic heterocycles. The summed E-state index contributed by atoms with van der Waals surface area (Å²) in [5, 5.41) is 11.1. The second kappa shape index (κ2) is 15.1. The summed E-state index contributed by atoms with van der Waals surface area (Å²) in [6.07, 6.45) is -0.631. The average molecular weight is 683 g/mol. The normalized spacial score (nSPS) is 15.7. The van der Waals surface area contributed by atoms with Gasteiger partial charge in [-0.05, 0) is 91.6 Å². The van der Waals surface area contributed by atoms with Crippen LogP contribution in [0, 0.1) is 0 Å². The first-order valence-corrected chi connectivity index (χ1v) is 17.6. The molecule has 1 N–H and O–H groups in total. The third-order valence-electron chi connectivity index (χ3n) is 9.59. The monoisotopic (exact) mass is 682 g/mol. The van der Waals surface area contributed by atoms with Crippen LogP contribution < -0.4 is 18.9 Å². The van der Waals surface area contributed by atoms with Gasteiger partial charge in [0.25, 0.3) is 0 Å². The van der Waals surface area contributed by atoms with E-state index in [1.54, 1.807) is 0 Å². The van der Waals surface area contributed by atoms with Crippen LogP contribution in [0.5, 0.6) is 23.0 Å². The van der Waals surface area contributed by atoms with Crippen LogP contribution in [0.4, 0.5) is 0 Å². The fraction of sp³-hybridized carbons (Fsp3) is 0.442. The molecule has 1 aliphatic heterocycles. The van der Waals surface area contributed by atoms with Crippen LogP contribution in [-0.2, 0) is 20.3 Å². The maximum atomic E-state index is 11.1. The summed E-state index contributed by atoms with van der Waals surface area (Å²) in [7, 11) is 0. The van der Waals surface area contributed by atoms with Gasteiger partial charge in [-0.15, -0.1) is 0 Å². The van der Waals surface area contributed by atoms with E-state index in [0.717, 1.165) is 34.8 Å². The molecule has 1 heterocycles. The molecule has 7 nitrogen and oxygen atoms in total. The van der Waals surface area contributed by atoms with Crippen LogP contribution in [0.25, 0.3) is 0 Å². The Hall–Kier alpha value is -4.04. The third-order valence-corrected chi connectivity index (χ3v) is 9.59. The minimum Gasteiger partial charge on any atom is -0.491 e. The van der Waals surface area contributed by atoms with Crippen molar-refractivity contribution in [1.82, 2.24) is 0 Å². The van der Waals surface area contributed by atoms with Crippen LogP contribution in [0.1, 0.15) is 84.6 Å². The van der Waals surface area contributed by atoms with Crippen molar-refractivity contribution in [3.05, 3.63) is 119 Å². The van der Waals surface area contributed by atoms with Crippen molar-refractivity contribution in [3.63, 3.8) is 0 Å². The van der Waals surface area contributed by atoms with Crippen molar-refractivity contribution in [1.29, 1.82) is 0 Å². The highest BCUT2D eigenvalue weighted by atomic mass is 16.7. The molecule has 0 spiro atoms. The maximum absolute atomic E-state index is 11.1. The maximum Gasteiger partial charge on any atom is 0.204 e. The molecular weight excluding hydrogens is 628 g/mol. The SMILES string of the molecule is CCOC(C)(C)Oc1ccc(C(C)(C)c2ccc(OCC(O)C(C)(C)Oc3ccc(C(C)(C)c4ccc(OCC5CO5)cc4)cc3)cc2)cc1. The fourth-order valence-electron chi connectivity index (χ4n) is 5.91. The second-order valence-electron chi connectivity index (χ2n) is 15.1. The van der Waals surface area contributed by atoms with E-state index in [-0.39, 0.29) is 23.5 Å². The smallest absolute Gasteiger partial charge is 0.204 e. The Balaban J connectivity index is 1.13. The molecule has 1 fully saturated rings. The van der Waals surface area contributed by atoms with Gasteiger partial charge in [0.15, 0.2) is 0 Å². The van der Waals surface area contributed by atoms with Crippen LogP contribution in [0.3, 0.4) is 0 Å². The van der Waals surface area contributed by atoms with E-state index in [4.69, 9.17) is 28.4 Å². The summed E-state index contributed by atoms with van der Waals surface area (Å²) < 4.78 is 35.0. The number of hydrogen-bond acceptors (Lipinski definition) is 7. The Morgan fingerprint density at radius 2 is 0.980 bits per heavy atom. The molecule has 5 rings (SSSR count). The molecule has 268 valence electrons. The van der Waals surface area contributed by atoms with Gasteiger partial charge >= 0.3 is 0 Å². The van der Waals surface area contributed by atoms with Crippen molar-refractivity contribution < 1.29 is 33.5 Å². The molecule has 7 heteroatoms. The molecule has 1 aliphatic rings. The molecule has 2 atom stereocenters. The highest BCUT2D eigenvalue weighted by Crippen LogP contribution is 2.36. The topological polar surface area (TPSA) is 78.9 Å². The Kier molecular flexibility index (Phi) is 11.2. The van der Waals surface area contributed by atoms with Crippen molar-refractivity contribution in [2.24, 2.45) is 0 Å². The highest BCUT2D eigenvalue weighted by Gasteiger charge is 2.32. The highest BCUT2D eigenvalue weighted by molar-refractivity contribution is 5.43. The minimum absolute atomic E-state index is 0.0911. The average Bonchev–Trinajstić information content (AvgIpc) is 3.91. The number of hydrogen-bond donors (Lipinski definition) is 1. The lowest BCUT2D eigenvalue weighted by Gasteiger charge is -2.32. The van der Waals surface area contributed by atoms with Crippen molar-refractivity contribution >= 4 is 0 Å². The Labute approximate surface area is 298 Å². The largest absolute Gasteiger partial charge is 0.491 e. The van der Waals surface area contributed by atoms with Crippen LogP contribution in [0.2, 0.25) is 0 Å². The Morgan fingerprint density at radius 3 is 1.38 bits per heavy atom. The standard InChI is InChI=1S/C43H54O7/c1-10-48-43(8,9)50-37-25-17-33(18-26-37)41(4,5)31-13-21-35(22-14-31)47-29-39(44)42(6,7)49-36-23-15-32(16-24-36)40(2,3)30-11-19-34(20-12-30)45-27-38-28-46-38/h11-26,38-39,44H,10,27-29H2,1-9H3.